The minimum atomic E-state index is -0.494. The topological polar surface area (TPSA) is 149 Å². The van der Waals surface area contributed by atoms with Gasteiger partial charge in [-0.05, 0) is 50.3 Å². The molecule has 0 aliphatic heterocycles. The zero-order chi connectivity index (χ0) is 24.3. The Balaban J connectivity index is 2.08. The molecule has 2 aromatic heterocycles. The molecule has 0 aliphatic rings. The number of hydrogen-bond acceptors (Lipinski definition) is 8. The summed E-state index contributed by atoms with van der Waals surface area (Å²) < 4.78 is 2.81. The van der Waals surface area contributed by atoms with Crippen LogP contribution in [0.25, 0.3) is 12.2 Å². The lowest BCUT2D eigenvalue weighted by atomic mass is 10.2. The normalized spacial score (nSPS) is 11.2. The van der Waals surface area contributed by atoms with Crippen molar-refractivity contribution in [1.82, 2.24) is 19.6 Å². The molecular formula is C21H20N8O4. The van der Waals surface area contributed by atoms with E-state index in [1.807, 2.05) is 6.07 Å². The molecule has 0 unspecified atom stereocenters. The highest BCUT2D eigenvalue weighted by Gasteiger charge is 2.23. The molecular weight excluding hydrogens is 428 g/mol. The lowest BCUT2D eigenvalue weighted by Gasteiger charge is -2.16. The van der Waals surface area contributed by atoms with Gasteiger partial charge in [0, 0.05) is 32.2 Å². The highest BCUT2D eigenvalue weighted by molar-refractivity contribution is 5.68. The van der Waals surface area contributed by atoms with Gasteiger partial charge in [0.25, 0.3) is 0 Å². The summed E-state index contributed by atoms with van der Waals surface area (Å²) in [6, 6.07) is 8.67. The van der Waals surface area contributed by atoms with Crippen LogP contribution in [0.4, 0.5) is 17.1 Å². The maximum absolute atomic E-state index is 11.5. The Morgan fingerprint density at radius 2 is 1.33 bits per heavy atom. The summed E-state index contributed by atoms with van der Waals surface area (Å²) in [6.07, 6.45) is 6.22. The number of hydrogen-bond donors (Lipinski definition) is 0. The van der Waals surface area contributed by atoms with Crippen LogP contribution < -0.4 is 4.90 Å². The number of rotatable bonds is 7. The summed E-state index contributed by atoms with van der Waals surface area (Å²) >= 11 is 0. The first-order valence-corrected chi connectivity index (χ1v) is 9.65. The third-order valence-electron chi connectivity index (χ3n) is 4.91. The van der Waals surface area contributed by atoms with E-state index in [1.54, 1.807) is 69.5 Å². The SMILES string of the molecule is Cc1nn(C)c(/C=C/N(/C=C/c2c([N+](=O)[O-])c(C)nn2C)c2ccc(C#N)cc2)c1[N+](=O)[O-]. The largest absolute Gasteiger partial charge is 0.324 e. The quantitative estimate of drug-likeness (QED) is 0.393. The first-order chi connectivity index (χ1) is 15.6. The van der Waals surface area contributed by atoms with E-state index in [-0.39, 0.29) is 34.2 Å². The molecule has 0 spiro atoms. The van der Waals surface area contributed by atoms with Gasteiger partial charge in [-0.2, -0.15) is 15.5 Å². The van der Waals surface area contributed by atoms with Crippen molar-refractivity contribution in [2.24, 2.45) is 14.1 Å². The molecule has 0 N–H and O–H groups in total. The van der Waals surface area contributed by atoms with Crippen LogP contribution >= 0.6 is 0 Å². The lowest BCUT2D eigenvalue weighted by Crippen LogP contribution is -2.08. The fourth-order valence-electron chi connectivity index (χ4n) is 3.39. The van der Waals surface area contributed by atoms with Crippen LogP contribution in [-0.4, -0.2) is 29.4 Å². The molecule has 1 aromatic carbocycles. The number of aryl methyl sites for hydroxylation is 4. The maximum Gasteiger partial charge on any atom is 0.317 e. The van der Waals surface area contributed by atoms with Gasteiger partial charge in [0.2, 0.25) is 0 Å². The monoisotopic (exact) mass is 448 g/mol. The fraction of sp³-hybridized carbons (Fsp3) is 0.190. The molecule has 3 aromatic rings. The van der Waals surface area contributed by atoms with Crippen molar-refractivity contribution in [3.63, 3.8) is 0 Å². The zero-order valence-electron chi connectivity index (χ0n) is 18.3. The van der Waals surface area contributed by atoms with Crippen LogP contribution in [0.2, 0.25) is 0 Å². The Kier molecular flexibility index (Phi) is 6.34. The fourth-order valence-corrected chi connectivity index (χ4v) is 3.39. The first-order valence-electron chi connectivity index (χ1n) is 9.65. The van der Waals surface area contributed by atoms with E-state index in [1.165, 1.54) is 21.5 Å². The molecule has 0 bridgehead atoms. The van der Waals surface area contributed by atoms with Crippen molar-refractivity contribution < 1.29 is 9.85 Å². The molecule has 2 heterocycles. The third-order valence-corrected chi connectivity index (χ3v) is 4.91. The Morgan fingerprint density at radius 1 is 0.909 bits per heavy atom. The van der Waals surface area contributed by atoms with Crippen LogP contribution in [0.15, 0.2) is 36.7 Å². The Morgan fingerprint density at radius 3 is 1.70 bits per heavy atom. The zero-order valence-corrected chi connectivity index (χ0v) is 18.3. The van der Waals surface area contributed by atoms with E-state index in [0.717, 1.165) is 0 Å². The molecule has 0 radical (unpaired) electrons. The molecule has 12 nitrogen and oxygen atoms in total. The van der Waals surface area contributed by atoms with E-state index in [2.05, 4.69) is 10.2 Å². The third kappa shape index (κ3) is 4.62. The van der Waals surface area contributed by atoms with Crippen LogP contribution in [0.5, 0.6) is 0 Å². The van der Waals surface area contributed by atoms with Crippen LogP contribution in [0.3, 0.4) is 0 Å². The van der Waals surface area contributed by atoms with Crippen molar-refractivity contribution in [2.75, 3.05) is 4.90 Å². The van der Waals surface area contributed by atoms with Crippen molar-refractivity contribution in [2.45, 2.75) is 13.8 Å². The summed E-state index contributed by atoms with van der Waals surface area (Å²) in [7, 11) is 3.20. The summed E-state index contributed by atoms with van der Waals surface area (Å²) in [4.78, 5) is 23.6. The Labute approximate surface area is 188 Å². The lowest BCUT2D eigenvalue weighted by molar-refractivity contribution is -0.385. The van der Waals surface area contributed by atoms with Gasteiger partial charge in [0.05, 0.1) is 21.5 Å². The summed E-state index contributed by atoms with van der Waals surface area (Å²) in [6.45, 7) is 3.11. The first kappa shape index (κ1) is 22.9. The molecule has 0 aliphatic carbocycles. The van der Waals surface area contributed by atoms with Gasteiger partial charge in [-0.3, -0.25) is 29.6 Å². The van der Waals surface area contributed by atoms with Crippen LogP contribution in [-0.2, 0) is 14.1 Å². The van der Waals surface area contributed by atoms with Gasteiger partial charge in [-0.1, -0.05) is 0 Å². The minimum absolute atomic E-state index is 0.115. The van der Waals surface area contributed by atoms with Crippen molar-refractivity contribution in [1.29, 1.82) is 5.26 Å². The van der Waals surface area contributed by atoms with E-state index in [9.17, 15) is 20.2 Å². The molecule has 0 fully saturated rings. The molecule has 0 saturated carbocycles. The molecule has 0 atom stereocenters. The van der Waals surface area contributed by atoms with Crippen molar-refractivity contribution in [3.8, 4) is 6.07 Å². The predicted octanol–water partition coefficient (Wildman–Crippen LogP) is 3.61. The Bertz CT molecular complexity index is 1250. The van der Waals surface area contributed by atoms with Gasteiger partial charge in [0.15, 0.2) is 0 Å². The Hall–Kier alpha value is -4.79. The van der Waals surface area contributed by atoms with Crippen LogP contribution in [0.1, 0.15) is 28.3 Å². The van der Waals surface area contributed by atoms with Crippen molar-refractivity contribution >= 4 is 29.2 Å². The summed E-state index contributed by atoms with van der Waals surface area (Å²) in [5, 5.41) is 40.2. The molecule has 0 saturated heterocycles. The average molecular weight is 448 g/mol. The van der Waals surface area contributed by atoms with Gasteiger partial charge >= 0.3 is 11.4 Å². The number of nitro groups is 2. The minimum Gasteiger partial charge on any atom is -0.324 e. The maximum atomic E-state index is 11.5. The second-order valence-electron chi connectivity index (χ2n) is 7.10. The highest BCUT2D eigenvalue weighted by Crippen LogP contribution is 2.27. The van der Waals surface area contributed by atoms with E-state index < -0.39 is 9.85 Å². The molecule has 168 valence electrons. The van der Waals surface area contributed by atoms with Gasteiger partial charge < -0.3 is 4.90 Å². The number of benzene rings is 1. The molecule has 12 heteroatoms. The van der Waals surface area contributed by atoms with Crippen molar-refractivity contribution in [3.05, 3.63) is 85.2 Å². The summed E-state index contributed by atoms with van der Waals surface area (Å²) in [5.74, 6) is 0. The highest BCUT2D eigenvalue weighted by atomic mass is 16.6. The average Bonchev–Trinajstić information content (AvgIpc) is 3.21. The molecule has 33 heavy (non-hydrogen) atoms. The number of nitriles is 1. The van der Waals surface area contributed by atoms with Crippen LogP contribution in [0, 0.1) is 45.4 Å². The van der Waals surface area contributed by atoms with E-state index >= 15 is 0 Å². The number of anilines is 1. The number of aromatic nitrogens is 4. The van der Waals surface area contributed by atoms with E-state index in [4.69, 9.17) is 5.26 Å². The summed E-state index contributed by atoms with van der Waals surface area (Å²) in [5.41, 5.74) is 1.99. The second-order valence-corrected chi connectivity index (χ2v) is 7.10. The molecule has 3 rings (SSSR count). The second kappa shape index (κ2) is 9.15. The number of nitrogens with zero attached hydrogens (tertiary/aromatic N) is 8. The molecule has 0 amide bonds. The predicted molar refractivity (Wildman–Crippen MR) is 121 cm³/mol. The van der Waals surface area contributed by atoms with Gasteiger partial charge in [0.1, 0.15) is 22.8 Å². The van der Waals surface area contributed by atoms with E-state index in [0.29, 0.717) is 11.3 Å². The van der Waals surface area contributed by atoms with Gasteiger partial charge in [-0.25, -0.2) is 0 Å². The smallest absolute Gasteiger partial charge is 0.317 e. The standard InChI is InChI=1S/C21H20N8O4/c1-14-20(28(30)31)18(25(3)23-14)9-11-27(17-7-5-16(13-22)6-8-17)12-10-19-21(29(32)33)15(2)24-26(19)4/h5-12H,1-4H3/b11-9+,12-10+. The van der Waals surface area contributed by atoms with Gasteiger partial charge in [-0.15, -0.1) is 0 Å².